The molecular formula is C15H19BrN4. The molecule has 2 heterocycles. The first-order chi connectivity index (χ1) is 9.72. The van der Waals surface area contributed by atoms with E-state index in [1.165, 1.54) is 5.56 Å². The van der Waals surface area contributed by atoms with Crippen LogP contribution in [0.5, 0.6) is 0 Å². The lowest BCUT2D eigenvalue weighted by Gasteiger charge is -2.26. The smallest absolute Gasteiger partial charge is 0.124 e. The summed E-state index contributed by atoms with van der Waals surface area (Å²) in [5.74, 6) is 1.69. The van der Waals surface area contributed by atoms with Crippen LogP contribution in [0.25, 0.3) is 0 Å². The summed E-state index contributed by atoms with van der Waals surface area (Å²) in [4.78, 5) is 0. The number of halogens is 1. The molecule has 0 bridgehead atoms. The fraction of sp³-hybridized carbons (Fsp3) is 0.400. The topological polar surface area (TPSA) is 41.9 Å². The zero-order chi connectivity index (χ0) is 13.9. The highest BCUT2D eigenvalue weighted by Gasteiger charge is 2.18. The van der Waals surface area contributed by atoms with E-state index >= 15 is 0 Å². The van der Waals surface area contributed by atoms with Crippen molar-refractivity contribution >= 4 is 21.7 Å². The van der Waals surface area contributed by atoms with Crippen LogP contribution < -0.4 is 10.6 Å². The maximum absolute atomic E-state index is 4.32. The van der Waals surface area contributed by atoms with E-state index in [0.29, 0.717) is 12.0 Å². The van der Waals surface area contributed by atoms with Crippen LogP contribution in [0.1, 0.15) is 18.5 Å². The SMILES string of the molecule is CC(NCC1CNc2ccnn2C1)c1cccc(Br)c1. The van der Waals surface area contributed by atoms with Crippen molar-refractivity contribution in [2.24, 2.45) is 5.92 Å². The van der Waals surface area contributed by atoms with Crippen molar-refractivity contribution in [3.8, 4) is 0 Å². The molecule has 4 nitrogen and oxygen atoms in total. The molecule has 0 aliphatic carbocycles. The third kappa shape index (κ3) is 3.04. The van der Waals surface area contributed by atoms with Gasteiger partial charge in [-0.2, -0.15) is 5.10 Å². The lowest BCUT2D eigenvalue weighted by atomic mass is 10.1. The second kappa shape index (κ2) is 5.97. The molecule has 3 rings (SSSR count). The summed E-state index contributed by atoms with van der Waals surface area (Å²) in [7, 11) is 0. The Hall–Kier alpha value is -1.33. The van der Waals surface area contributed by atoms with Gasteiger partial charge in [0.05, 0.1) is 6.20 Å². The summed E-state index contributed by atoms with van der Waals surface area (Å²) in [5.41, 5.74) is 1.31. The highest BCUT2D eigenvalue weighted by Crippen LogP contribution is 2.19. The average molecular weight is 335 g/mol. The molecule has 0 fully saturated rings. The van der Waals surface area contributed by atoms with Gasteiger partial charge in [-0.05, 0) is 24.6 Å². The maximum Gasteiger partial charge on any atom is 0.124 e. The summed E-state index contributed by atoms with van der Waals surface area (Å²) in [6.45, 7) is 5.18. The molecule has 2 N–H and O–H groups in total. The van der Waals surface area contributed by atoms with E-state index in [4.69, 9.17) is 0 Å². The van der Waals surface area contributed by atoms with Gasteiger partial charge >= 0.3 is 0 Å². The Morgan fingerprint density at radius 1 is 1.50 bits per heavy atom. The Kier molecular flexibility index (Phi) is 4.08. The number of anilines is 1. The predicted octanol–water partition coefficient (Wildman–Crippen LogP) is 3.04. The lowest BCUT2D eigenvalue weighted by Crippen LogP contribution is -2.36. The van der Waals surface area contributed by atoms with Crippen molar-refractivity contribution in [2.75, 3.05) is 18.4 Å². The third-order valence-corrected chi connectivity index (χ3v) is 4.27. The Labute approximate surface area is 127 Å². The molecule has 1 aromatic heterocycles. The van der Waals surface area contributed by atoms with E-state index in [1.54, 1.807) is 0 Å². The fourth-order valence-electron chi connectivity index (χ4n) is 2.56. The Balaban J connectivity index is 1.55. The first-order valence-corrected chi connectivity index (χ1v) is 7.76. The van der Waals surface area contributed by atoms with Crippen LogP contribution in [0.4, 0.5) is 5.82 Å². The fourth-order valence-corrected chi connectivity index (χ4v) is 2.98. The van der Waals surface area contributed by atoms with E-state index in [1.807, 2.05) is 16.9 Å². The second-order valence-corrected chi connectivity index (χ2v) is 6.25. The molecule has 1 aromatic carbocycles. The van der Waals surface area contributed by atoms with Crippen LogP contribution in [0.15, 0.2) is 41.0 Å². The monoisotopic (exact) mass is 334 g/mol. The van der Waals surface area contributed by atoms with E-state index in [9.17, 15) is 0 Å². The van der Waals surface area contributed by atoms with Crippen molar-refractivity contribution < 1.29 is 0 Å². The first-order valence-electron chi connectivity index (χ1n) is 6.97. The van der Waals surface area contributed by atoms with Crippen LogP contribution in [-0.2, 0) is 6.54 Å². The van der Waals surface area contributed by atoms with Crippen molar-refractivity contribution in [2.45, 2.75) is 19.5 Å². The van der Waals surface area contributed by atoms with Gasteiger partial charge in [-0.1, -0.05) is 28.1 Å². The highest BCUT2D eigenvalue weighted by molar-refractivity contribution is 9.10. The molecular weight excluding hydrogens is 316 g/mol. The van der Waals surface area contributed by atoms with Crippen molar-refractivity contribution in [1.29, 1.82) is 0 Å². The molecule has 0 saturated carbocycles. The van der Waals surface area contributed by atoms with Crippen LogP contribution in [-0.4, -0.2) is 22.9 Å². The van der Waals surface area contributed by atoms with E-state index < -0.39 is 0 Å². The number of benzene rings is 1. The van der Waals surface area contributed by atoms with Gasteiger partial charge in [0.15, 0.2) is 0 Å². The number of rotatable bonds is 4. The molecule has 2 atom stereocenters. The zero-order valence-corrected chi connectivity index (χ0v) is 13.1. The van der Waals surface area contributed by atoms with Gasteiger partial charge in [0, 0.05) is 42.1 Å². The number of aromatic nitrogens is 2. The summed E-state index contributed by atoms with van der Waals surface area (Å²) < 4.78 is 3.17. The molecule has 1 aliphatic heterocycles. The molecule has 20 heavy (non-hydrogen) atoms. The molecule has 0 saturated heterocycles. The van der Waals surface area contributed by atoms with E-state index in [-0.39, 0.29) is 0 Å². The van der Waals surface area contributed by atoms with Crippen molar-refractivity contribution in [3.05, 3.63) is 46.6 Å². The Bertz CT molecular complexity index is 581. The lowest BCUT2D eigenvalue weighted by molar-refractivity contribution is 0.376. The second-order valence-electron chi connectivity index (χ2n) is 5.33. The van der Waals surface area contributed by atoms with E-state index in [0.717, 1.165) is 29.9 Å². The summed E-state index contributed by atoms with van der Waals surface area (Å²) in [6, 6.07) is 10.8. The Morgan fingerprint density at radius 3 is 3.25 bits per heavy atom. The highest BCUT2D eigenvalue weighted by atomic mass is 79.9. The molecule has 2 aromatic rings. The number of hydrogen-bond donors (Lipinski definition) is 2. The van der Waals surface area contributed by atoms with E-state index in [2.05, 4.69) is 62.9 Å². The largest absolute Gasteiger partial charge is 0.370 e. The van der Waals surface area contributed by atoms with Gasteiger partial charge in [0.1, 0.15) is 5.82 Å². The van der Waals surface area contributed by atoms with Gasteiger partial charge in [0.2, 0.25) is 0 Å². The predicted molar refractivity (Wildman–Crippen MR) is 84.8 cm³/mol. The molecule has 0 spiro atoms. The first kappa shape index (κ1) is 13.6. The minimum atomic E-state index is 0.353. The number of fused-ring (bicyclic) bond motifs is 1. The van der Waals surface area contributed by atoms with Gasteiger partial charge < -0.3 is 10.6 Å². The number of hydrogen-bond acceptors (Lipinski definition) is 3. The minimum Gasteiger partial charge on any atom is -0.370 e. The molecule has 1 aliphatic rings. The summed E-state index contributed by atoms with van der Waals surface area (Å²) in [5, 5.41) is 11.4. The van der Waals surface area contributed by atoms with Crippen LogP contribution >= 0.6 is 15.9 Å². The quantitative estimate of drug-likeness (QED) is 0.902. The zero-order valence-electron chi connectivity index (χ0n) is 11.5. The molecule has 0 amide bonds. The average Bonchev–Trinajstić information content (AvgIpc) is 2.92. The van der Waals surface area contributed by atoms with Crippen molar-refractivity contribution in [1.82, 2.24) is 15.1 Å². The normalized spacial score (nSPS) is 19.2. The molecule has 0 radical (unpaired) electrons. The minimum absolute atomic E-state index is 0.353. The van der Waals surface area contributed by atoms with Crippen molar-refractivity contribution in [3.63, 3.8) is 0 Å². The third-order valence-electron chi connectivity index (χ3n) is 3.78. The van der Waals surface area contributed by atoms with Crippen LogP contribution in [0, 0.1) is 5.92 Å². The van der Waals surface area contributed by atoms with Gasteiger partial charge in [-0.15, -0.1) is 0 Å². The molecule has 2 unspecified atom stereocenters. The van der Waals surface area contributed by atoms with Gasteiger partial charge in [-0.25, -0.2) is 4.68 Å². The standard InChI is InChI=1S/C15H19BrN4/c1-11(13-3-2-4-14(16)7-13)17-8-12-9-18-15-5-6-19-20(15)10-12/h2-7,11-12,17-18H,8-10H2,1H3. The molecule has 106 valence electrons. The van der Waals surface area contributed by atoms with Crippen LogP contribution in [0.3, 0.4) is 0 Å². The number of nitrogens with zero attached hydrogens (tertiary/aromatic N) is 2. The van der Waals surface area contributed by atoms with Crippen LogP contribution in [0.2, 0.25) is 0 Å². The summed E-state index contributed by atoms with van der Waals surface area (Å²) in [6.07, 6.45) is 1.85. The van der Waals surface area contributed by atoms with Gasteiger partial charge in [0.25, 0.3) is 0 Å². The summed E-state index contributed by atoms with van der Waals surface area (Å²) >= 11 is 3.52. The molecule has 5 heteroatoms. The number of nitrogens with one attached hydrogen (secondary N) is 2. The van der Waals surface area contributed by atoms with Gasteiger partial charge in [-0.3, -0.25) is 0 Å². The Morgan fingerprint density at radius 2 is 2.40 bits per heavy atom. The maximum atomic E-state index is 4.32.